The van der Waals surface area contributed by atoms with Crippen LogP contribution >= 0.6 is 11.8 Å². The van der Waals surface area contributed by atoms with E-state index in [1.54, 1.807) is 23.9 Å². The minimum absolute atomic E-state index is 0.329. The number of halogens is 1. The second kappa shape index (κ2) is 6.03. The summed E-state index contributed by atoms with van der Waals surface area (Å²) in [4.78, 5) is 1.17. The average Bonchev–Trinajstić information content (AvgIpc) is 2.39. The lowest BCUT2D eigenvalue weighted by molar-refractivity contribution is 0.219. The Balaban J connectivity index is 2.20. The third-order valence-electron chi connectivity index (χ3n) is 2.67. The summed E-state index contributed by atoms with van der Waals surface area (Å²) in [5.41, 5.74) is 1.35. The molecule has 2 rings (SSSR count). The normalized spacial score (nSPS) is 12.4. The SMILES string of the molecule is CCSc1ccc(C(O)c2cccc(F)c2)cc1. The molecule has 1 nitrogen and oxygen atoms in total. The number of thioether (sulfide) groups is 1. The lowest BCUT2D eigenvalue weighted by atomic mass is 10.0. The maximum atomic E-state index is 13.1. The molecule has 0 bridgehead atoms. The van der Waals surface area contributed by atoms with Gasteiger partial charge in [-0.2, -0.15) is 0 Å². The molecule has 0 aliphatic rings. The van der Waals surface area contributed by atoms with Crippen LogP contribution in [0.1, 0.15) is 24.2 Å². The lowest BCUT2D eigenvalue weighted by Crippen LogP contribution is -1.99. The zero-order chi connectivity index (χ0) is 13.0. The van der Waals surface area contributed by atoms with Gasteiger partial charge in [0, 0.05) is 4.90 Å². The fourth-order valence-corrected chi connectivity index (χ4v) is 2.44. The van der Waals surface area contributed by atoms with E-state index in [-0.39, 0.29) is 5.82 Å². The topological polar surface area (TPSA) is 20.2 Å². The van der Waals surface area contributed by atoms with Gasteiger partial charge >= 0.3 is 0 Å². The summed E-state index contributed by atoms with van der Waals surface area (Å²) in [5, 5.41) is 10.2. The Bertz CT molecular complexity index is 510. The van der Waals surface area contributed by atoms with Crippen molar-refractivity contribution in [2.24, 2.45) is 0 Å². The molecule has 3 heteroatoms. The van der Waals surface area contributed by atoms with Crippen LogP contribution in [0.2, 0.25) is 0 Å². The summed E-state index contributed by atoms with van der Waals surface area (Å²) < 4.78 is 13.1. The molecule has 0 fully saturated rings. The summed E-state index contributed by atoms with van der Waals surface area (Å²) in [6.07, 6.45) is -0.777. The molecule has 2 aromatic rings. The van der Waals surface area contributed by atoms with Crippen molar-refractivity contribution >= 4 is 11.8 Å². The van der Waals surface area contributed by atoms with Crippen molar-refractivity contribution in [1.29, 1.82) is 0 Å². The maximum absolute atomic E-state index is 13.1. The van der Waals surface area contributed by atoms with Crippen molar-refractivity contribution in [3.8, 4) is 0 Å². The van der Waals surface area contributed by atoms with Gasteiger partial charge in [0.1, 0.15) is 11.9 Å². The first kappa shape index (κ1) is 13.1. The molecule has 0 aromatic heterocycles. The first-order chi connectivity index (χ1) is 8.70. The number of benzene rings is 2. The minimum Gasteiger partial charge on any atom is -0.384 e. The van der Waals surface area contributed by atoms with E-state index >= 15 is 0 Å². The predicted octanol–water partition coefficient (Wildman–Crippen LogP) is 4.02. The quantitative estimate of drug-likeness (QED) is 0.840. The number of aliphatic hydroxyl groups excluding tert-OH is 1. The fraction of sp³-hybridized carbons (Fsp3) is 0.200. The highest BCUT2D eigenvalue weighted by molar-refractivity contribution is 7.99. The summed E-state index contributed by atoms with van der Waals surface area (Å²) in [5.74, 6) is 0.691. The Morgan fingerprint density at radius 3 is 2.44 bits per heavy atom. The molecule has 0 saturated carbocycles. The van der Waals surface area contributed by atoms with Crippen LogP contribution in [0.3, 0.4) is 0 Å². The Kier molecular flexibility index (Phi) is 4.39. The number of hydrogen-bond acceptors (Lipinski definition) is 2. The van der Waals surface area contributed by atoms with Gasteiger partial charge in [-0.15, -0.1) is 11.8 Å². The second-order valence-corrected chi connectivity index (χ2v) is 5.30. The van der Waals surface area contributed by atoms with E-state index < -0.39 is 6.10 Å². The largest absolute Gasteiger partial charge is 0.384 e. The van der Waals surface area contributed by atoms with Crippen LogP contribution in [0, 0.1) is 5.82 Å². The van der Waals surface area contributed by atoms with E-state index in [0.717, 1.165) is 11.3 Å². The molecule has 0 heterocycles. The Morgan fingerprint density at radius 1 is 1.11 bits per heavy atom. The van der Waals surface area contributed by atoms with Crippen molar-refractivity contribution < 1.29 is 9.50 Å². The van der Waals surface area contributed by atoms with Crippen LogP contribution in [-0.2, 0) is 0 Å². The molecule has 0 spiro atoms. The number of aliphatic hydroxyl groups is 1. The van der Waals surface area contributed by atoms with E-state index in [9.17, 15) is 9.50 Å². The highest BCUT2D eigenvalue weighted by Crippen LogP contribution is 2.25. The van der Waals surface area contributed by atoms with Crippen LogP contribution in [0.4, 0.5) is 4.39 Å². The molecule has 1 atom stereocenters. The zero-order valence-corrected chi connectivity index (χ0v) is 11.0. The molecule has 2 aromatic carbocycles. The molecule has 1 unspecified atom stereocenters. The summed E-state index contributed by atoms with van der Waals surface area (Å²) >= 11 is 1.75. The molecule has 1 N–H and O–H groups in total. The first-order valence-corrected chi connectivity index (χ1v) is 6.85. The van der Waals surface area contributed by atoms with Gasteiger partial charge in [0.05, 0.1) is 0 Å². The highest BCUT2D eigenvalue weighted by Gasteiger charge is 2.10. The van der Waals surface area contributed by atoms with Crippen LogP contribution in [0.5, 0.6) is 0 Å². The maximum Gasteiger partial charge on any atom is 0.123 e. The fourth-order valence-electron chi connectivity index (χ4n) is 1.78. The van der Waals surface area contributed by atoms with E-state index in [1.807, 2.05) is 24.3 Å². The second-order valence-electron chi connectivity index (χ2n) is 3.96. The van der Waals surface area contributed by atoms with Gasteiger partial charge in [0.15, 0.2) is 0 Å². The van der Waals surface area contributed by atoms with Crippen LogP contribution in [-0.4, -0.2) is 10.9 Å². The van der Waals surface area contributed by atoms with E-state index in [0.29, 0.717) is 5.56 Å². The smallest absolute Gasteiger partial charge is 0.123 e. The van der Waals surface area contributed by atoms with Crippen molar-refractivity contribution in [1.82, 2.24) is 0 Å². The average molecular weight is 262 g/mol. The molecule has 0 saturated heterocycles. The summed E-state index contributed by atoms with van der Waals surface area (Å²) in [6, 6.07) is 13.8. The third kappa shape index (κ3) is 3.12. The molecule has 0 aliphatic heterocycles. The molecular weight excluding hydrogens is 247 g/mol. The molecular formula is C15H15FOS. The Labute approximate surface area is 111 Å². The van der Waals surface area contributed by atoms with Gasteiger partial charge in [-0.1, -0.05) is 31.2 Å². The Hall–Kier alpha value is -1.32. The summed E-state index contributed by atoms with van der Waals surface area (Å²) in [6.45, 7) is 2.10. The van der Waals surface area contributed by atoms with E-state index in [1.165, 1.54) is 17.0 Å². The standard InChI is InChI=1S/C15H15FOS/c1-2-18-14-8-6-11(7-9-14)15(17)12-4-3-5-13(16)10-12/h3-10,15,17H,2H2,1H3. The molecule has 18 heavy (non-hydrogen) atoms. The van der Waals surface area contributed by atoms with Gasteiger partial charge in [0.2, 0.25) is 0 Å². The highest BCUT2D eigenvalue weighted by atomic mass is 32.2. The van der Waals surface area contributed by atoms with Gasteiger partial charge in [-0.25, -0.2) is 4.39 Å². The monoisotopic (exact) mass is 262 g/mol. The van der Waals surface area contributed by atoms with Crippen molar-refractivity contribution in [3.05, 3.63) is 65.5 Å². The summed E-state index contributed by atoms with van der Waals surface area (Å²) in [7, 11) is 0. The molecule has 94 valence electrons. The van der Waals surface area contributed by atoms with Crippen molar-refractivity contribution in [3.63, 3.8) is 0 Å². The van der Waals surface area contributed by atoms with Crippen molar-refractivity contribution in [2.75, 3.05) is 5.75 Å². The zero-order valence-electron chi connectivity index (χ0n) is 10.1. The minimum atomic E-state index is -0.777. The third-order valence-corrected chi connectivity index (χ3v) is 3.57. The Morgan fingerprint density at radius 2 is 1.83 bits per heavy atom. The van der Waals surface area contributed by atoms with Crippen LogP contribution in [0.25, 0.3) is 0 Å². The van der Waals surface area contributed by atoms with Gasteiger partial charge in [-0.3, -0.25) is 0 Å². The van der Waals surface area contributed by atoms with Gasteiger partial charge in [0.25, 0.3) is 0 Å². The number of hydrogen-bond donors (Lipinski definition) is 1. The molecule has 0 aliphatic carbocycles. The van der Waals surface area contributed by atoms with E-state index in [2.05, 4.69) is 6.92 Å². The molecule has 0 amide bonds. The molecule has 0 radical (unpaired) electrons. The lowest BCUT2D eigenvalue weighted by Gasteiger charge is -2.12. The first-order valence-electron chi connectivity index (χ1n) is 5.87. The van der Waals surface area contributed by atoms with Gasteiger partial charge in [-0.05, 0) is 41.1 Å². The van der Waals surface area contributed by atoms with E-state index in [4.69, 9.17) is 0 Å². The van der Waals surface area contributed by atoms with Gasteiger partial charge < -0.3 is 5.11 Å². The van der Waals surface area contributed by atoms with Crippen LogP contribution in [0.15, 0.2) is 53.4 Å². The predicted molar refractivity (Wildman–Crippen MR) is 73.3 cm³/mol. The number of rotatable bonds is 4. The van der Waals surface area contributed by atoms with Crippen molar-refractivity contribution in [2.45, 2.75) is 17.9 Å². The van der Waals surface area contributed by atoms with Crippen LogP contribution < -0.4 is 0 Å².